The number of halogens is 5. The molecule has 3 rings (SSSR count). The van der Waals surface area contributed by atoms with Gasteiger partial charge in [0.15, 0.2) is 6.61 Å². The van der Waals surface area contributed by atoms with E-state index in [1.807, 2.05) is 30.3 Å². The van der Waals surface area contributed by atoms with E-state index in [9.17, 15) is 22.0 Å². The van der Waals surface area contributed by atoms with Gasteiger partial charge in [0.1, 0.15) is 17.2 Å². The Morgan fingerprint density at radius 1 is 0.758 bits per heavy atom. The van der Waals surface area contributed by atoms with Crippen molar-refractivity contribution in [1.82, 2.24) is 0 Å². The summed E-state index contributed by atoms with van der Waals surface area (Å²) < 4.78 is 80.7. The van der Waals surface area contributed by atoms with Crippen LogP contribution in [0.1, 0.15) is 18.1 Å². The summed E-state index contributed by atoms with van der Waals surface area (Å²) in [6.45, 7) is -0.314. The first-order chi connectivity index (χ1) is 15.7. The number of para-hydroxylation sites is 1. The van der Waals surface area contributed by atoms with Crippen molar-refractivity contribution in [2.24, 2.45) is 0 Å². The molecule has 0 amide bonds. The van der Waals surface area contributed by atoms with Crippen LogP contribution in [0.25, 0.3) is 0 Å². The number of benzene rings is 3. The Bertz CT molecular complexity index is 1010. The lowest BCUT2D eigenvalue weighted by atomic mass is 9.83. The average Bonchev–Trinajstić information content (AvgIpc) is 2.78. The molecule has 0 bridgehead atoms. The van der Waals surface area contributed by atoms with Crippen molar-refractivity contribution >= 4 is 0 Å². The molecule has 8 heteroatoms. The molecule has 0 heterocycles. The highest BCUT2D eigenvalue weighted by Crippen LogP contribution is 2.33. The average molecular weight is 466 g/mol. The van der Waals surface area contributed by atoms with Crippen LogP contribution >= 0.6 is 0 Å². The molecule has 3 aromatic carbocycles. The van der Waals surface area contributed by atoms with E-state index in [0.717, 1.165) is 5.56 Å². The fourth-order valence-electron chi connectivity index (χ4n) is 3.07. The van der Waals surface area contributed by atoms with Gasteiger partial charge in [-0.05, 0) is 54.4 Å². The van der Waals surface area contributed by atoms with Crippen LogP contribution in [0, 0.1) is 0 Å². The third-order valence-corrected chi connectivity index (χ3v) is 4.95. The minimum Gasteiger partial charge on any atom is -0.484 e. The van der Waals surface area contributed by atoms with Crippen LogP contribution in [0.3, 0.4) is 0 Å². The largest absolute Gasteiger partial charge is 0.484 e. The van der Waals surface area contributed by atoms with Crippen molar-refractivity contribution in [1.29, 1.82) is 0 Å². The van der Waals surface area contributed by atoms with Crippen molar-refractivity contribution in [3.63, 3.8) is 0 Å². The molecule has 0 spiro atoms. The molecule has 0 fully saturated rings. The molecule has 0 saturated carbocycles. The van der Waals surface area contributed by atoms with E-state index in [1.165, 1.54) is 31.2 Å². The van der Waals surface area contributed by atoms with Gasteiger partial charge in [-0.25, -0.2) is 8.78 Å². The maximum absolute atomic E-state index is 13.9. The Kier molecular flexibility index (Phi) is 7.92. The normalized spacial score (nSPS) is 13.5. The van der Waals surface area contributed by atoms with Gasteiger partial charge in [0.2, 0.25) is 6.43 Å². The summed E-state index contributed by atoms with van der Waals surface area (Å²) in [5, 5.41) is 0. The summed E-state index contributed by atoms with van der Waals surface area (Å²) in [7, 11) is 0. The third kappa shape index (κ3) is 7.18. The summed E-state index contributed by atoms with van der Waals surface area (Å²) in [5.41, 5.74) is -0.672. The molecule has 176 valence electrons. The summed E-state index contributed by atoms with van der Waals surface area (Å²) in [4.78, 5) is 0. The van der Waals surface area contributed by atoms with Gasteiger partial charge in [0.05, 0.1) is 18.6 Å². The first-order valence-corrected chi connectivity index (χ1v) is 10.1. The lowest BCUT2D eigenvalue weighted by molar-refractivity contribution is -0.153. The van der Waals surface area contributed by atoms with Crippen molar-refractivity contribution in [3.8, 4) is 17.2 Å². The minimum atomic E-state index is -4.48. The Morgan fingerprint density at radius 3 is 2.06 bits per heavy atom. The molecule has 0 saturated heterocycles. The number of rotatable bonds is 10. The van der Waals surface area contributed by atoms with Gasteiger partial charge >= 0.3 is 6.18 Å². The summed E-state index contributed by atoms with van der Waals surface area (Å²) in [6, 6.07) is 21.5. The van der Waals surface area contributed by atoms with Gasteiger partial charge in [0, 0.05) is 0 Å². The summed E-state index contributed by atoms with van der Waals surface area (Å²) in [6.07, 6.45) is -7.24. The van der Waals surface area contributed by atoms with E-state index < -0.39 is 24.6 Å². The lowest BCUT2D eigenvalue weighted by Crippen LogP contribution is -2.36. The minimum absolute atomic E-state index is 0.0520. The van der Waals surface area contributed by atoms with E-state index in [0.29, 0.717) is 11.5 Å². The molecule has 1 atom stereocenters. The van der Waals surface area contributed by atoms with Crippen LogP contribution in [-0.2, 0) is 16.8 Å². The molecule has 1 unspecified atom stereocenters. The predicted octanol–water partition coefficient (Wildman–Crippen LogP) is 7.16. The van der Waals surface area contributed by atoms with Crippen LogP contribution in [0.5, 0.6) is 17.2 Å². The number of ether oxygens (including phenoxy) is 3. The van der Waals surface area contributed by atoms with E-state index in [2.05, 4.69) is 4.74 Å². The highest BCUT2D eigenvalue weighted by Gasteiger charge is 2.37. The van der Waals surface area contributed by atoms with Crippen molar-refractivity contribution in [3.05, 3.63) is 90.0 Å². The van der Waals surface area contributed by atoms with Gasteiger partial charge in [-0.3, -0.25) is 0 Å². The second-order valence-electron chi connectivity index (χ2n) is 7.70. The van der Waals surface area contributed by atoms with Crippen LogP contribution in [0.2, 0.25) is 0 Å². The lowest BCUT2D eigenvalue weighted by Gasteiger charge is -2.29. The monoisotopic (exact) mass is 466 g/mol. The highest BCUT2D eigenvalue weighted by molar-refractivity contribution is 5.34. The zero-order valence-corrected chi connectivity index (χ0v) is 17.8. The quantitative estimate of drug-likeness (QED) is 0.297. The first-order valence-electron chi connectivity index (χ1n) is 10.1. The van der Waals surface area contributed by atoms with Crippen LogP contribution in [0.15, 0.2) is 78.9 Å². The molecule has 3 nitrogen and oxygen atoms in total. The van der Waals surface area contributed by atoms with Gasteiger partial charge in [-0.2, -0.15) is 13.2 Å². The Morgan fingerprint density at radius 2 is 1.42 bits per heavy atom. The van der Waals surface area contributed by atoms with Gasteiger partial charge in [-0.15, -0.1) is 0 Å². The first kappa shape index (κ1) is 24.5. The SMILES string of the molecule is CC(COCc1cccc(Oc2ccccc2)c1)(c1ccc(OCC(F)(F)F)cc1)C(F)F. The van der Waals surface area contributed by atoms with Gasteiger partial charge < -0.3 is 14.2 Å². The van der Waals surface area contributed by atoms with E-state index in [1.54, 1.807) is 24.3 Å². The topological polar surface area (TPSA) is 27.7 Å². The van der Waals surface area contributed by atoms with Crippen LogP contribution in [0.4, 0.5) is 22.0 Å². The summed E-state index contributed by atoms with van der Waals surface area (Å²) >= 11 is 0. The molecule has 0 aliphatic carbocycles. The van der Waals surface area contributed by atoms with Gasteiger partial charge in [-0.1, -0.05) is 42.5 Å². The fraction of sp³-hybridized carbons (Fsp3) is 0.280. The highest BCUT2D eigenvalue weighted by atomic mass is 19.4. The molecule has 0 radical (unpaired) electrons. The zero-order valence-electron chi connectivity index (χ0n) is 17.8. The van der Waals surface area contributed by atoms with Gasteiger partial charge in [0.25, 0.3) is 0 Å². The fourth-order valence-corrected chi connectivity index (χ4v) is 3.07. The van der Waals surface area contributed by atoms with E-state index in [-0.39, 0.29) is 24.5 Å². The number of hydrogen-bond acceptors (Lipinski definition) is 3. The Labute approximate surface area is 188 Å². The standard InChI is InChI=1S/C25H23F5O3/c1-24(23(26)27,19-10-12-20(13-11-19)32-17-25(28,29)30)16-31-15-18-6-5-9-22(14-18)33-21-7-3-2-4-8-21/h2-14,23H,15-17H2,1H3. The Balaban J connectivity index is 1.61. The number of hydrogen-bond donors (Lipinski definition) is 0. The molecule has 0 aliphatic heterocycles. The van der Waals surface area contributed by atoms with Crippen molar-refractivity contribution in [2.75, 3.05) is 13.2 Å². The molecule has 0 aromatic heterocycles. The van der Waals surface area contributed by atoms with E-state index in [4.69, 9.17) is 9.47 Å². The summed E-state index contributed by atoms with van der Waals surface area (Å²) in [5.74, 6) is 1.21. The van der Waals surface area contributed by atoms with Crippen LogP contribution < -0.4 is 9.47 Å². The maximum atomic E-state index is 13.9. The molecular weight excluding hydrogens is 443 g/mol. The van der Waals surface area contributed by atoms with Crippen LogP contribution in [-0.4, -0.2) is 25.8 Å². The number of alkyl halides is 5. The second-order valence-corrected chi connectivity index (χ2v) is 7.70. The smallest absolute Gasteiger partial charge is 0.422 e. The zero-order chi connectivity index (χ0) is 23.9. The predicted molar refractivity (Wildman–Crippen MR) is 114 cm³/mol. The third-order valence-electron chi connectivity index (χ3n) is 4.95. The van der Waals surface area contributed by atoms with Crippen molar-refractivity contribution < 1.29 is 36.2 Å². The Hall–Kier alpha value is -3.13. The molecule has 33 heavy (non-hydrogen) atoms. The second kappa shape index (κ2) is 10.7. The molecule has 0 N–H and O–H groups in total. The van der Waals surface area contributed by atoms with E-state index >= 15 is 0 Å². The van der Waals surface area contributed by atoms with Crippen molar-refractivity contribution in [2.45, 2.75) is 31.5 Å². The maximum Gasteiger partial charge on any atom is 0.422 e. The molecular formula is C25H23F5O3. The molecule has 3 aromatic rings. The molecule has 0 aliphatic rings.